The number of hydrogen-bond acceptors (Lipinski definition) is 4. The topological polar surface area (TPSA) is 61.4 Å². The lowest BCUT2D eigenvalue weighted by molar-refractivity contribution is 1.13. The predicted molar refractivity (Wildman–Crippen MR) is 228 cm³/mol. The molecule has 0 saturated heterocycles. The summed E-state index contributed by atoms with van der Waals surface area (Å²) in [4.78, 5) is 18.3. The summed E-state index contributed by atoms with van der Waals surface area (Å²) in [5, 5.41) is 3.36. The van der Waals surface area contributed by atoms with Crippen molar-refractivity contribution in [2.45, 2.75) is 0 Å². The van der Waals surface area contributed by atoms with Gasteiger partial charge in [0.1, 0.15) is 0 Å². The lowest BCUT2D eigenvalue weighted by atomic mass is 9.94. The van der Waals surface area contributed by atoms with Crippen molar-refractivity contribution in [2.24, 2.45) is 0 Å². The molecule has 6 nitrogen and oxygen atoms in total. The number of fused-ring (bicyclic) bond motifs is 6. The van der Waals surface area contributed by atoms with Crippen molar-refractivity contribution in [2.75, 3.05) is 0 Å². The number of benzene rings is 5. The summed E-state index contributed by atoms with van der Waals surface area (Å²) in [6, 6.07) is 53.9. The van der Waals surface area contributed by atoms with E-state index in [0.29, 0.717) is 0 Å². The summed E-state index contributed by atoms with van der Waals surface area (Å²) in [5.41, 5.74) is 16.6. The first-order valence-corrected chi connectivity index (χ1v) is 18.7. The van der Waals surface area contributed by atoms with E-state index in [1.54, 1.807) is 0 Å². The molecule has 0 amide bonds. The van der Waals surface area contributed by atoms with Crippen LogP contribution in [0.1, 0.15) is 0 Å². The minimum absolute atomic E-state index is 0.968. The Labute approximate surface area is 322 Å². The summed E-state index contributed by atoms with van der Waals surface area (Å²) < 4.78 is 4.69. The Morgan fingerprint density at radius 2 is 0.857 bits per heavy atom. The molecule has 11 rings (SSSR count). The summed E-state index contributed by atoms with van der Waals surface area (Å²) in [6.45, 7) is 0. The van der Waals surface area contributed by atoms with Crippen LogP contribution >= 0.6 is 0 Å². The summed E-state index contributed by atoms with van der Waals surface area (Å²) in [6.07, 6.45) is 13.2. The van der Waals surface area contributed by atoms with Crippen LogP contribution in [0.15, 0.2) is 195 Å². The molecule has 5 aromatic carbocycles. The van der Waals surface area contributed by atoms with Gasteiger partial charge in [-0.3, -0.25) is 19.9 Å². The average Bonchev–Trinajstić information content (AvgIpc) is 3.79. The number of pyridine rings is 4. The Kier molecular flexibility index (Phi) is 7.38. The first-order valence-electron chi connectivity index (χ1n) is 18.7. The van der Waals surface area contributed by atoms with Gasteiger partial charge in [0.05, 0.1) is 27.6 Å². The van der Waals surface area contributed by atoms with Crippen LogP contribution in [-0.2, 0) is 0 Å². The normalized spacial score (nSPS) is 11.6. The van der Waals surface area contributed by atoms with Gasteiger partial charge in [-0.2, -0.15) is 0 Å². The van der Waals surface area contributed by atoms with Crippen molar-refractivity contribution >= 4 is 43.7 Å². The molecule has 6 heterocycles. The van der Waals surface area contributed by atoms with Gasteiger partial charge in [0.15, 0.2) is 0 Å². The van der Waals surface area contributed by atoms with Crippen molar-refractivity contribution in [3.63, 3.8) is 0 Å². The molecule has 0 aliphatic rings. The van der Waals surface area contributed by atoms with Crippen molar-refractivity contribution < 1.29 is 0 Å². The summed E-state index contributed by atoms with van der Waals surface area (Å²) >= 11 is 0. The van der Waals surface area contributed by atoms with E-state index in [2.05, 4.69) is 158 Å². The number of hydrogen-bond donors (Lipinski definition) is 0. The second-order valence-electron chi connectivity index (χ2n) is 14.0. The van der Waals surface area contributed by atoms with Gasteiger partial charge in [-0.15, -0.1) is 0 Å². The number of rotatable bonds is 6. The van der Waals surface area contributed by atoms with E-state index in [4.69, 9.17) is 4.98 Å². The summed E-state index contributed by atoms with van der Waals surface area (Å²) in [5.74, 6) is 0. The van der Waals surface area contributed by atoms with Gasteiger partial charge in [-0.25, -0.2) is 0 Å². The van der Waals surface area contributed by atoms with Crippen LogP contribution in [0.5, 0.6) is 0 Å². The molecule has 56 heavy (non-hydrogen) atoms. The van der Waals surface area contributed by atoms with Crippen LogP contribution in [0.2, 0.25) is 0 Å². The van der Waals surface area contributed by atoms with Crippen molar-refractivity contribution in [1.82, 2.24) is 29.1 Å². The van der Waals surface area contributed by atoms with E-state index in [0.717, 1.165) is 99.6 Å². The molecule has 262 valence electrons. The Balaban J connectivity index is 1.06. The first kappa shape index (κ1) is 31.8. The second kappa shape index (κ2) is 13.0. The van der Waals surface area contributed by atoms with Crippen molar-refractivity contribution in [1.29, 1.82) is 0 Å². The molecule has 0 unspecified atom stereocenters. The molecule has 0 bridgehead atoms. The fourth-order valence-corrected chi connectivity index (χ4v) is 8.38. The van der Waals surface area contributed by atoms with Crippen LogP contribution in [0.3, 0.4) is 0 Å². The molecular formula is C50H32N6. The standard InChI is InChI=1S/C50H32N6/c1-3-15-41(35-9-6-23-51-30-35)39(13-1)33-18-20-46-43(27-33)45-32-53-26-22-48(45)55(46)37-11-5-12-38(29-37)56-47-21-19-34(28-44(47)50-49(56)17-8-25-54-50)40-14-2-4-16-42(40)36-10-7-24-52-31-36/h1-32H. The zero-order valence-electron chi connectivity index (χ0n) is 30.2. The number of nitrogens with zero attached hydrogens (tertiary/aromatic N) is 6. The molecule has 0 aliphatic carbocycles. The number of aromatic nitrogens is 6. The van der Waals surface area contributed by atoms with Crippen LogP contribution in [-0.4, -0.2) is 29.1 Å². The van der Waals surface area contributed by atoms with Crippen molar-refractivity contribution in [3.8, 4) is 55.9 Å². The maximum absolute atomic E-state index is 4.94. The lowest BCUT2D eigenvalue weighted by Gasteiger charge is -2.14. The molecule has 0 fully saturated rings. The molecule has 6 aromatic heterocycles. The fraction of sp³-hybridized carbons (Fsp3) is 0. The van der Waals surface area contributed by atoms with Crippen molar-refractivity contribution in [3.05, 3.63) is 195 Å². The molecule has 0 spiro atoms. The maximum atomic E-state index is 4.94. The third kappa shape index (κ3) is 5.11. The van der Waals surface area contributed by atoms with E-state index < -0.39 is 0 Å². The molecule has 0 saturated carbocycles. The average molecular weight is 717 g/mol. The van der Waals surface area contributed by atoms with E-state index in [9.17, 15) is 0 Å². The quantitative estimate of drug-likeness (QED) is 0.172. The second-order valence-corrected chi connectivity index (χ2v) is 14.0. The van der Waals surface area contributed by atoms with Crippen LogP contribution in [0.25, 0.3) is 99.6 Å². The molecule has 0 radical (unpaired) electrons. The largest absolute Gasteiger partial charge is 0.309 e. The predicted octanol–water partition coefficient (Wildman–Crippen LogP) is 12.1. The maximum Gasteiger partial charge on any atom is 0.0963 e. The fourth-order valence-electron chi connectivity index (χ4n) is 8.38. The molecule has 11 aromatic rings. The zero-order valence-corrected chi connectivity index (χ0v) is 30.2. The van der Waals surface area contributed by atoms with Crippen LogP contribution in [0.4, 0.5) is 0 Å². The molecule has 6 heteroatoms. The van der Waals surface area contributed by atoms with Gasteiger partial charge in [-0.05, 0) is 106 Å². The van der Waals surface area contributed by atoms with Gasteiger partial charge in [0.2, 0.25) is 0 Å². The Morgan fingerprint density at radius 3 is 1.48 bits per heavy atom. The van der Waals surface area contributed by atoms with Crippen LogP contribution < -0.4 is 0 Å². The SMILES string of the molecule is c1cncc(-c2ccccc2-c2ccc3c(c2)c2cnccc2n3-c2cccc(-n3c4ccc(-c5ccccc5-c5cccnc5)cc4c4ncccc43)c2)c1. The van der Waals surface area contributed by atoms with E-state index in [1.807, 2.05) is 61.6 Å². The van der Waals surface area contributed by atoms with Gasteiger partial charge >= 0.3 is 0 Å². The zero-order chi connectivity index (χ0) is 37.0. The monoisotopic (exact) mass is 716 g/mol. The lowest BCUT2D eigenvalue weighted by Crippen LogP contribution is -1.98. The van der Waals surface area contributed by atoms with E-state index in [-0.39, 0.29) is 0 Å². The molecule has 0 atom stereocenters. The highest BCUT2D eigenvalue weighted by Crippen LogP contribution is 2.40. The summed E-state index contributed by atoms with van der Waals surface area (Å²) in [7, 11) is 0. The highest BCUT2D eigenvalue weighted by Gasteiger charge is 2.19. The van der Waals surface area contributed by atoms with E-state index >= 15 is 0 Å². The highest BCUT2D eigenvalue weighted by atomic mass is 15.0. The van der Waals surface area contributed by atoms with Gasteiger partial charge in [0.25, 0.3) is 0 Å². The Bertz CT molecular complexity index is 3040. The highest BCUT2D eigenvalue weighted by molar-refractivity contribution is 6.11. The van der Waals surface area contributed by atoms with Gasteiger partial charge < -0.3 is 9.13 Å². The third-order valence-electron chi connectivity index (χ3n) is 10.9. The van der Waals surface area contributed by atoms with E-state index in [1.165, 1.54) is 0 Å². The third-order valence-corrected chi connectivity index (χ3v) is 10.9. The molecule has 0 aliphatic heterocycles. The van der Waals surface area contributed by atoms with Crippen LogP contribution in [0, 0.1) is 0 Å². The minimum Gasteiger partial charge on any atom is -0.309 e. The first-order chi connectivity index (χ1) is 27.8. The Morgan fingerprint density at radius 1 is 0.321 bits per heavy atom. The van der Waals surface area contributed by atoms with Gasteiger partial charge in [0, 0.05) is 82.0 Å². The molecular weight excluding hydrogens is 685 g/mol. The minimum atomic E-state index is 0.968. The van der Waals surface area contributed by atoms with Gasteiger partial charge in [-0.1, -0.05) is 78.9 Å². The smallest absolute Gasteiger partial charge is 0.0963 e. The Hall–Kier alpha value is -7.70. The molecule has 0 N–H and O–H groups in total.